The number of carbonyl (C=O) groups is 1. The highest BCUT2D eigenvalue weighted by Crippen LogP contribution is 2.31. The van der Waals surface area contributed by atoms with Crippen LogP contribution in [0.1, 0.15) is 16.9 Å². The summed E-state index contributed by atoms with van der Waals surface area (Å²) in [5.74, 6) is 1.29. The Morgan fingerprint density at radius 1 is 1.23 bits per heavy atom. The van der Waals surface area contributed by atoms with E-state index in [1.807, 2.05) is 43.3 Å². The van der Waals surface area contributed by atoms with Crippen molar-refractivity contribution in [3.8, 4) is 5.75 Å². The fourth-order valence-corrected chi connectivity index (χ4v) is 2.34. The minimum atomic E-state index is -0.157. The van der Waals surface area contributed by atoms with E-state index in [1.54, 1.807) is 11.1 Å². The minimum absolute atomic E-state index is 0.157. The van der Waals surface area contributed by atoms with Gasteiger partial charge in [0.1, 0.15) is 17.3 Å². The van der Waals surface area contributed by atoms with Crippen molar-refractivity contribution >= 4 is 17.4 Å². The van der Waals surface area contributed by atoms with E-state index in [-0.39, 0.29) is 5.91 Å². The molecule has 2 heterocycles. The Morgan fingerprint density at radius 3 is 2.77 bits per heavy atom. The summed E-state index contributed by atoms with van der Waals surface area (Å²) in [6, 6.07) is 7.56. The Hall–Kier alpha value is -2.63. The van der Waals surface area contributed by atoms with Gasteiger partial charge in [0.25, 0.3) is 5.91 Å². The maximum Gasteiger partial charge on any atom is 0.278 e. The molecule has 1 aliphatic rings. The van der Waals surface area contributed by atoms with Crippen LogP contribution in [0.25, 0.3) is 0 Å². The largest absolute Gasteiger partial charge is 0.491 e. The molecule has 0 fully saturated rings. The molecule has 1 amide bonds. The van der Waals surface area contributed by atoms with Gasteiger partial charge in [-0.15, -0.1) is 0 Å². The summed E-state index contributed by atoms with van der Waals surface area (Å²) < 4.78 is 5.68. The molecular weight excluding hydrogens is 280 g/mol. The van der Waals surface area contributed by atoms with Crippen molar-refractivity contribution in [3.63, 3.8) is 0 Å². The summed E-state index contributed by atoms with van der Waals surface area (Å²) in [6.45, 7) is 1.21. The maximum atomic E-state index is 12.8. The maximum absolute atomic E-state index is 12.8. The number of hydrogen-bond acceptors (Lipinski definition) is 5. The number of hydrogen-bond donors (Lipinski definition) is 0. The lowest BCUT2D eigenvalue weighted by molar-refractivity contribution is 0.0982. The number of benzene rings is 1. The number of ether oxygens (including phenoxy) is 1. The van der Waals surface area contributed by atoms with Crippen molar-refractivity contribution in [2.24, 2.45) is 0 Å². The second-order valence-electron chi connectivity index (χ2n) is 5.28. The van der Waals surface area contributed by atoms with E-state index >= 15 is 0 Å². The molecule has 0 radical (unpaired) electrons. The molecule has 0 aliphatic carbocycles. The van der Waals surface area contributed by atoms with Gasteiger partial charge in [-0.25, -0.2) is 9.97 Å². The van der Waals surface area contributed by atoms with Gasteiger partial charge in [-0.1, -0.05) is 12.1 Å². The lowest BCUT2D eigenvalue weighted by Crippen LogP contribution is -2.32. The van der Waals surface area contributed by atoms with Crippen LogP contribution in [0.15, 0.2) is 36.7 Å². The molecule has 0 saturated carbocycles. The molecule has 2 aromatic rings. The molecule has 22 heavy (non-hydrogen) atoms. The van der Waals surface area contributed by atoms with Crippen molar-refractivity contribution in [1.82, 2.24) is 9.97 Å². The highest BCUT2D eigenvalue weighted by molar-refractivity contribution is 6.05. The fraction of sp³-hybridized carbons (Fsp3) is 0.312. The van der Waals surface area contributed by atoms with Gasteiger partial charge in [0.05, 0.1) is 24.7 Å². The van der Waals surface area contributed by atoms with E-state index < -0.39 is 0 Å². The molecule has 6 nitrogen and oxygen atoms in total. The molecule has 1 aromatic heterocycles. The first-order valence-electron chi connectivity index (χ1n) is 7.20. The molecule has 0 unspecified atom stereocenters. The quantitative estimate of drug-likeness (QED) is 0.848. The molecule has 6 heteroatoms. The third-order valence-corrected chi connectivity index (χ3v) is 3.50. The zero-order chi connectivity index (χ0) is 15.5. The van der Waals surface area contributed by atoms with Gasteiger partial charge in [0, 0.05) is 20.6 Å². The fourth-order valence-electron chi connectivity index (χ4n) is 2.34. The van der Waals surface area contributed by atoms with Gasteiger partial charge >= 0.3 is 0 Å². The van der Waals surface area contributed by atoms with Gasteiger partial charge in [-0.3, -0.25) is 4.79 Å². The first-order valence-corrected chi connectivity index (χ1v) is 7.20. The molecule has 0 bridgehead atoms. The second kappa shape index (κ2) is 6.01. The van der Waals surface area contributed by atoms with Crippen molar-refractivity contribution in [2.75, 3.05) is 37.0 Å². The topological polar surface area (TPSA) is 58.6 Å². The summed E-state index contributed by atoms with van der Waals surface area (Å²) in [5.41, 5.74) is 1.12. The standard InChI is InChI=1S/C16H18N4O2/c1-19(2)15-11-17-12(10-18-15)16(21)20-8-5-9-22-14-7-4-3-6-13(14)20/h3-4,6-7,10-11H,5,8-9H2,1-2H3. The number of aromatic nitrogens is 2. The predicted molar refractivity (Wildman–Crippen MR) is 84.6 cm³/mol. The Morgan fingerprint density at radius 2 is 2.05 bits per heavy atom. The van der Waals surface area contributed by atoms with Crippen LogP contribution in [0.5, 0.6) is 5.75 Å². The van der Waals surface area contributed by atoms with Crippen LogP contribution < -0.4 is 14.5 Å². The van der Waals surface area contributed by atoms with Gasteiger partial charge in [-0.2, -0.15) is 0 Å². The highest BCUT2D eigenvalue weighted by Gasteiger charge is 2.24. The molecular formula is C16H18N4O2. The van der Waals surface area contributed by atoms with E-state index in [0.29, 0.717) is 18.8 Å². The summed E-state index contributed by atoms with van der Waals surface area (Å²) in [7, 11) is 3.77. The Labute approximate surface area is 129 Å². The molecule has 1 aliphatic heterocycles. The molecule has 3 rings (SSSR count). The number of nitrogens with zero attached hydrogens (tertiary/aromatic N) is 4. The SMILES string of the molecule is CN(C)c1cnc(C(=O)N2CCCOc3ccccc32)cn1. The number of fused-ring (bicyclic) bond motifs is 1. The number of rotatable bonds is 2. The first kappa shape index (κ1) is 14.3. The van der Waals surface area contributed by atoms with Crippen LogP contribution in [0.3, 0.4) is 0 Å². The van der Waals surface area contributed by atoms with Crippen molar-refractivity contribution < 1.29 is 9.53 Å². The van der Waals surface area contributed by atoms with Crippen molar-refractivity contribution in [1.29, 1.82) is 0 Å². The number of amides is 1. The lowest BCUT2D eigenvalue weighted by Gasteiger charge is -2.21. The van der Waals surface area contributed by atoms with Crippen LogP contribution in [0.4, 0.5) is 11.5 Å². The van der Waals surface area contributed by atoms with Gasteiger partial charge in [0.2, 0.25) is 0 Å². The first-order chi connectivity index (χ1) is 10.7. The monoisotopic (exact) mass is 298 g/mol. The van der Waals surface area contributed by atoms with Crippen LogP contribution in [0, 0.1) is 0 Å². The summed E-state index contributed by atoms with van der Waals surface area (Å²) in [4.78, 5) is 24.8. The molecule has 114 valence electrons. The molecule has 0 N–H and O–H groups in total. The van der Waals surface area contributed by atoms with E-state index in [0.717, 1.165) is 23.7 Å². The Bertz CT molecular complexity index is 670. The third kappa shape index (κ3) is 2.72. The van der Waals surface area contributed by atoms with Gasteiger partial charge < -0.3 is 14.5 Å². The normalized spacial score (nSPS) is 13.8. The molecule has 0 atom stereocenters. The van der Waals surface area contributed by atoms with Gasteiger partial charge in [0.15, 0.2) is 0 Å². The van der Waals surface area contributed by atoms with E-state index in [4.69, 9.17) is 4.74 Å². The summed E-state index contributed by atoms with van der Waals surface area (Å²) >= 11 is 0. The van der Waals surface area contributed by atoms with Crippen molar-refractivity contribution in [2.45, 2.75) is 6.42 Å². The number of carbonyl (C=O) groups excluding carboxylic acids is 1. The number of para-hydroxylation sites is 2. The predicted octanol–water partition coefficient (Wildman–Crippen LogP) is 1.97. The van der Waals surface area contributed by atoms with Crippen LogP contribution in [0.2, 0.25) is 0 Å². The summed E-state index contributed by atoms with van der Waals surface area (Å²) in [6.07, 6.45) is 3.91. The minimum Gasteiger partial charge on any atom is -0.491 e. The lowest BCUT2D eigenvalue weighted by atomic mass is 10.2. The Balaban J connectivity index is 1.91. The van der Waals surface area contributed by atoms with Crippen LogP contribution in [-0.4, -0.2) is 43.1 Å². The third-order valence-electron chi connectivity index (χ3n) is 3.50. The molecule has 0 saturated heterocycles. The average molecular weight is 298 g/mol. The zero-order valence-electron chi connectivity index (χ0n) is 12.7. The highest BCUT2D eigenvalue weighted by atomic mass is 16.5. The zero-order valence-corrected chi connectivity index (χ0v) is 12.7. The Kier molecular flexibility index (Phi) is 3.91. The van der Waals surface area contributed by atoms with Crippen LogP contribution in [-0.2, 0) is 0 Å². The van der Waals surface area contributed by atoms with Crippen molar-refractivity contribution in [3.05, 3.63) is 42.4 Å². The van der Waals surface area contributed by atoms with Crippen LogP contribution >= 0.6 is 0 Å². The van der Waals surface area contributed by atoms with E-state index in [2.05, 4.69) is 9.97 Å². The second-order valence-corrected chi connectivity index (χ2v) is 5.28. The van der Waals surface area contributed by atoms with E-state index in [1.165, 1.54) is 6.20 Å². The number of anilines is 2. The molecule has 0 spiro atoms. The van der Waals surface area contributed by atoms with E-state index in [9.17, 15) is 4.79 Å². The average Bonchev–Trinajstić information content (AvgIpc) is 2.76. The smallest absolute Gasteiger partial charge is 0.278 e. The molecule has 1 aromatic carbocycles. The summed E-state index contributed by atoms with van der Waals surface area (Å²) in [5, 5.41) is 0. The van der Waals surface area contributed by atoms with Gasteiger partial charge in [-0.05, 0) is 18.6 Å².